The van der Waals surface area contributed by atoms with Crippen molar-refractivity contribution in [3.63, 3.8) is 0 Å². The number of aromatic nitrogens is 2. The summed E-state index contributed by atoms with van der Waals surface area (Å²) in [4.78, 5) is 12.1. The first kappa shape index (κ1) is 16.8. The van der Waals surface area contributed by atoms with E-state index in [1.165, 1.54) is 19.3 Å². The number of amides is 2. The van der Waals surface area contributed by atoms with E-state index in [0.29, 0.717) is 12.5 Å². The Bertz CT molecular complexity index is 443. The molecular formula is C16H28N4O2. The van der Waals surface area contributed by atoms with Gasteiger partial charge in [-0.15, -0.1) is 0 Å². The van der Waals surface area contributed by atoms with Gasteiger partial charge in [0.05, 0.1) is 12.1 Å². The minimum atomic E-state index is -0.521. The molecule has 2 amide bonds. The van der Waals surface area contributed by atoms with Crippen LogP contribution in [-0.2, 0) is 6.54 Å². The molecule has 6 nitrogen and oxygen atoms in total. The van der Waals surface area contributed by atoms with E-state index < -0.39 is 5.54 Å². The molecule has 2 rings (SSSR count). The summed E-state index contributed by atoms with van der Waals surface area (Å²) in [6, 6.07) is 1.69. The van der Waals surface area contributed by atoms with E-state index in [-0.39, 0.29) is 12.6 Å². The SMILES string of the molecule is C[C@](CO)(NC(=O)NCCCn1cccn1)C1CCCCC1. The highest BCUT2D eigenvalue weighted by atomic mass is 16.3. The zero-order valence-electron chi connectivity index (χ0n) is 13.4. The Morgan fingerprint density at radius 3 is 2.82 bits per heavy atom. The predicted octanol–water partition coefficient (Wildman–Crippen LogP) is 1.90. The summed E-state index contributed by atoms with van der Waals surface area (Å²) in [5.41, 5.74) is -0.521. The van der Waals surface area contributed by atoms with Crippen molar-refractivity contribution >= 4 is 6.03 Å². The van der Waals surface area contributed by atoms with Crippen molar-refractivity contribution < 1.29 is 9.90 Å². The van der Waals surface area contributed by atoms with Gasteiger partial charge in [-0.05, 0) is 38.2 Å². The summed E-state index contributed by atoms with van der Waals surface area (Å²) in [5, 5.41) is 19.7. The van der Waals surface area contributed by atoms with Crippen molar-refractivity contribution in [1.82, 2.24) is 20.4 Å². The van der Waals surface area contributed by atoms with Crippen LogP contribution in [0.4, 0.5) is 4.79 Å². The largest absolute Gasteiger partial charge is 0.394 e. The highest BCUT2D eigenvalue weighted by molar-refractivity contribution is 5.74. The molecule has 3 N–H and O–H groups in total. The summed E-state index contributed by atoms with van der Waals surface area (Å²) < 4.78 is 1.85. The first-order chi connectivity index (χ1) is 10.6. The molecule has 1 fully saturated rings. The van der Waals surface area contributed by atoms with Gasteiger partial charge in [0.1, 0.15) is 0 Å². The average molecular weight is 308 g/mol. The van der Waals surface area contributed by atoms with Crippen LogP contribution in [0.1, 0.15) is 45.4 Å². The lowest BCUT2D eigenvalue weighted by Crippen LogP contribution is -2.57. The van der Waals surface area contributed by atoms with Gasteiger partial charge in [-0.2, -0.15) is 5.10 Å². The van der Waals surface area contributed by atoms with Crippen LogP contribution in [-0.4, -0.2) is 39.6 Å². The Balaban J connectivity index is 1.71. The first-order valence-corrected chi connectivity index (χ1v) is 8.28. The van der Waals surface area contributed by atoms with Crippen LogP contribution < -0.4 is 10.6 Å². The van der Waals surface area contributed by atoms with E-state index in [4.69, 9.17) is 0 Å². The molecule has 0 spiro atoms. The van der Waals surface area contributed by atoms with Crippen LogP contribution in [0.5, 0.6) is 0 Å². The van der Waals surface area contributed by atoms with Gasteiger partial charge in [0.15, 0.2) is 0 Å². The molecular weight excluding hydrogens is 280 g/mol. The van der Waals surface area contributed by atoms with Gasteiger partial charge < -0.3 is 15.7 Å². The van der Waals surface area contributed by atoms with Gasteiger partial charge in [-0.3, -0.25) is 4.68 Å². The van der Waals surface area contributed by atoms with Gasteiger partial charge in [-0.1, -0.05) is 19.3 Å². The topological polar surface area (TPSA) is 79.2 Å². The zero-order chi connectivity index (χ0) is 15.8. The van der Waals surface area contributed by atoms with E-state index in [9.17, 15) is 9.90 Å². The van der Waals surface area contributed by atoms with Gasteiger partial charge in [0.25, 0.3) is 0 Å². The van der Waals surface area contributed by atoms with Gasteiger partial charge in [-0.25, -0.2) is 4.79 Å². The molecule has 0 saturated heterocycles. The number of hydrogen-bond acceptors (Lipinski definition) is 3. The van der Waals surface area contributed by atoms with E-state index in [1.807, 2.05) is 23.9 Å². The Kier molecular flexibility index (Phi) is 6.24. The molecule has 1 heterocycles. The van der Waals surface area contributed by atoms with Crippen LogP contribution in [0.15, 0.2) is 18.5 Å². The van der Waals surface area contributed by atoms with Gasteiger partial charge in [0, 0.05) is 25.5 Å². The van der Waals surface area contributed by atoms with Crippen molar-refractivity contribution in [2.24, 2.45) is 5.92 Å². The lowest BCUT2D eigenvalue weighted by Gasteiger charge is -2.39. The Morgan fingerprint density at radius 2 is 2.18 bits per heavy atom. The lowest BCUT2D eigenvalue weighted by atomic mass is 9.76. The number of carbonyl (C=O) groups is 1. The molecule has 1 aromatic heterocycles. The maximum atomic E-state index is 12.1. The second-order valence-corrected chi connectivity index (χ2v) is 6.41. The van der Waals surface area contributed by atoms with E-state index >= 15 is 0 Å². The zero-order valence-corrected chi connectivity index (χ0v) is 13.4. The Labute approximate surface area is 132 Å². The number of rotatable bonds is 7. The van der Waals surface area contributed by atoms with Crippen molar-refractivity contribution in [2.45, 2.75) is 57.5 Å². The van der Waals surface area contributed by atoms with E-state index in [2.05, 4.69) is 15.7 Å². The van der Waals surface area contributed by atoms with Crippen LogP contribution in [0.2, 0.25) is 0 Å². The molecule has 1 aliphatic rings. The molecule has 1 aromatic rings. The third-order valence-electron chi connectivity index (χ3n) is 4.64. The van der Waals surface area contributed by atoms with Crippen molar-refractivity contribution in [2.75, 3.05) is 13.2 Å². The maximum Gasteiger partial charge on any atom is 0.315 e. The number of urea groups is 1. The fraction of sp³-hybridized carbons (Fsp3) is 0.750. The third kappa shape index (κ3) is 4.73. The molecule has 0 radical (unpaired) electrons. The summed E-state index contributed by atoms with van der Waals surface area (Å²) in [6.07, 6.45) is 10.3. The van der Waals surface area contributed by atoms with Crippen molar-refractivity contribution in [3.05, 3.63) is 18.5 Å². The minimum absolute atomic E-state index is 0.0155. The number of aliphatic hydroxyl groups is 1. The highest BCUT2D eigenvalue weighted by Gasteiger charge is 2.35. The van der Waals surface area contributed by atoms with Crippen LogP contribution in [0.3, 0.4) is 0 Å². The number of nitrogens with one attached hydrogen (secondary N) is 2. The predicted molar refractivity (Wildman–Crippen MR) is 85.4 cm³/mol. The normalized spacial score (nSPS) is 18.6. The number of nitrogens with zero attached hydrogens (tertiary/aromatic N) is 2. The van der Waals surface area contributed by atoms with Crippen molar-refractivity contribution in [1.29, 1.82) is 0 Å². The second-order valence-electron chi connectivity index (χ2n) is 6.41. The molecule has 0 aromatic carbocycles. The second kappa shape index (κ2) is 8.17. The van der Waals surface area contributed by atoms with E-state index in [0.717, 1.165) is 25.8 Å². The minimum Gasteiger partial charge on any atom is -0.394 e. The molecule has 0 bridgehead atoms. The molecule has 124 valence electrons. The van der Waals surface area contributed by atoms with Crippen LogP contribution >= 0.6 is 0 Å². The van der Waals surface area contributed by atoms with Crippen LogP contribution in [0, 0.1) is 5.92 Å². The van der Waals surface area contributed by atoms with Crippen LogP contribution in [0.25, 0.3) is 0 Å². The fourth-order valence-corrected chi connectivity index (χ4v) is 3.19. The monoisotopic (exact) mass is 308 g/mol. The molecule has 22 heavy (non-hydrogen) atoms. The Morgan fingerprint density at radius 1 is 1.41 bits per heavy atom. The van der Waals surface area contributed by atoms with E-state index in [1.54, 1.807) is 6.20 Å². The highest BCUT2D eigenvalue weighted by Crippen LogP contribution is 2.32. The molecule has 1 atom stereocenters. The van der Waals surface area contributed by atoms with Crippen molar-refractivity contribution in [3.8, 4) is 0 Å². The molecule has 1 aliphatic carbocycles. The number of aryl methyl sites for hydroxylation is 1. The summed E-state index contributed by atoms with van der Waals surface area (Å²) in [5.74, 6) is 0.362. The first-order valence-electron chi connectivity index (χ1n) is 8.28. The smallest absolute Gasteiger partial charge is 0.315 e. The molecule has 1 saturated carbocycles. The fourth-order valence-electron chi connectivity index (χ4n) is 3.19. The molecule has 6 heteroatoms. The standard InChI is InChI=1S/C16H28N4O2/c1-16(13-21,14-7-3-2-4-8-14)19-15(22)17-9-5-11-20-12-6-10-18-20/h6,10,12,14,21H,2-5,7-9,11,13H2,1H3,(H2,17,19,22)/t16-/m1/s1. The summed E-state index contributed by atoms with van der Waals surface area (Å²) >= 11 is 0. The third-order valence-corrected chi connectivity index (χ3v) is 4.64. The summed E-state index contributed by atoms with van der Waals surface area (Å²) in [7, 11) is 0. The number of carbonyl (C=O) groups excluding carboxylic acids is 1. The number of aliphatic hydroxyl groups excluding tert-OH is 1. The van der Waals surface area contributed by atoms with Gasteiger partial charge in [0.2, 0.25) is 0 Å². The lowest BCUT2D eigenvalue weighted by molar-refractivity contribution is 0.101. The summed E-state index contributed by atoms with van der Waals surface area (Å²) in [6.45, 7) is 3.32. The number of hydrogen-bond donors (Lipinski definition) is 3. The quantitative estimate of drug-likeness (QED) is 0.673. The molecule has 0 aliphatic heterocycles. The molecule has 0 unspecified atom stereocenters. The average Bonchev–Trinajstić information content (AvgIpc) is 3.05. The maximum absolute atomic E-state index is 12.1. The van der Waals surface area contributed by atoms with Gasteiger partial charge >= 0.3 is 6.03 Å². The Hall–Kier alpha value is -1.56.